The van der Waals surface area contributed by atoms with Crippen LogP contribution in [-0.2, 0) is 10.2 Å². The van der Waals surface area contributed by atoms with E-state index < -0.39 is 5.41 Å². The van der Waals surface area contributed by atoms with Gasteiger partial charge in [-0.25, -0.2) is 0 Å². The maximum Gasteiger partial charge on any atom is 0.230 e. The Hall–Kier alpha value is -1.02. The molecule has 0 saturated carbocycles. The van der Waals surface area contributed by atoms with Gasteiger partial charge in [-0.2, -0.15) is 0 Å². The van der Waals surface area contributed by atoms with Crippen molar-refractivity contribution in [2.75, 3.05) is 6.54 Å². The van der Waals surface area contributed by atoms with Crippen molar-refractivity contribution < 1.29 is 4.79 Å². The normalized spacial score (nSPS) is 13.2. The zero-order chi connectivity index (χ0) is 12.9. The van der Waals surface area contributed by atoms with Crippen LogP contribution >= 0.6 is 11.6 Å². The van der Waals surface area contributed by atoms with Crippen LogP contribution < -0.4 is 5.32 Å². The predicted octanol–water partition coefficient (Wildman–Crippen LogP) is 3.10. The Morgan fingerprint density at radius 1 is 1.35 bits per heavy atom. The number of carbonyl (C=O) groups excluding carboxylic acids is 1. The van der Waals surface area contributed by atoms with Crippen molar-refractivity contribution >= 4 is 17.5 Å². The van der Waals surface area contributed by atoms with E-state index in [9.17, 15) is 4.79 Å². The minimum atomic E-state index is -0.522. The predicted molar refractivity (Wildman–Crippen MR) is 72.4 cm³/mol. The number of benzene rings is 1. The average molecular weight is 254 g/mol. The fourth-order valence-electron chi connectivity index (χ4n) is 1.55. The monoisotopic (exact) mass is 253 g/mol. The van der Waals surface area contributed by atoms with E-state index in [2.05, 4.69) is 5.32 Å². The summed E-state index contributed by atoms with van der Waals surface area (Å²) in [6.07, 6.45) is 0.855. The summed E-state index contributed by atoms with van der Waals surface area (Å²) in [6, 6.07) is 9.78. The van der Waals surface area contributed by atoms with Gasteiger partial charge in [0.05, 0.1) is 10.8 Å². The van der Waals surface area contributed by atoms with Gasteiger partial charge < -0.3 is 5.32 Å². The van der Waals surface area contributed by atoms with Crippen LogP contribution in [0.25, 0.3) is 0 Å². The highest BCUT2D eigenvalue weighted by atomic mass is 35.5. The van der Waals surface area contributed by atoms with Crippen molar-refractivity contribution in [2.45, 2.75) is 38.0 Å². The fraction of sp³-hybridized carbons (Fsp3) is 0.500. The second kappa shape index (κ2) is 6.06. The van der Waals surface area contributed by atoms with Crippen LogP contribution in [0.5, 0.6) is 0 Å². The Morgan fingerprint density at radius 3 is 2.47 bits per heavy atom. The van der Waals surface area contributed by atoms with E-state index in [1.165, 1.54) is 0 Å². The summed E-state index contributed by atoms with van der Waals surface area (Å²) >= 11 is 5.99. The van der Waals surface area contributed by atoms with Crippen LogP contribution in [0, 0.1) is 0 Å². The topological polar surface area (TPSA) is 29.1 Å². The van der Waals surface area contributed by atoms with Crippen LogP contribution in [0.2, 0.25) is 0 Å². The Bertz CT molecular complexity index is 362. The molecular weight excluding hydrogens is 234 g/mol. The number of alkyl halides is 1. The maximum atomic E-state index is 12.1. The van der Waals surface area contributed by atoms with E-state index in [1.54, 1.807) is 0 Å². The molecule has 0 bridgehead atoms. The van der Waals surface area contributed by atoms with E-state index in [0.29, 0.717) is 6.54 Å². The van der Waals surface area contributed by atoms with Gasteiger partial charge in [-0.1, -0.05) is 37.3 Å². The molecule has 1 aromatic rings. The molecule has 94 valence electrons. The lowest BCUT2D eigenvalue weighted by molar-refractivity contribution is -0.125. The summed E-state index contributed by atoms with van der Waals surface area (Å²) in [7, 11) is 0. The lowest BCUT2D eigenvalue weighted by atomic mass is 9.84. The zero-order valence-corrected chi connectivity index (χ0v) is 11.4. The van der Waals surface area contributed by atoms with Crippen molar-refractivity contribution in [3.05, 3.63) is 35.9 Å². The van der Waals surface area contributed by atoms with Crippen LogP contribution in [0.3, 0.4) is 0 Å². The van der Waals surface area contributed by atoms with E-state index in [0.717, 1.165) is 12.0 Å². The van der Waals surface area contributed by atoms with Gasteiger partial charge in [-0.05, 0) is 25.8 Å². The van der Waals surface area contributed by atoms with Crippen LogP contribution in [-0.4, -0.2) is 17.8 Å². The van der Waals surface area contributed by atoms with Crippen molar-refractivity contribution in [3.63, 3.8) is 0 Å². The molecule has 1 aromatic carbocycles. The molecule has 0 saturated heterocycles. The highest BCUT2D eigenvalue weighted by Crippen LogP contribution is 2.22. The van der Waals surface area contributed by atoms with Crippen LogP contribution in [0.4, 0.5) is 0 Å². The smallest absolute Gasteiger partial charge is 0.230 e. The van der Waals surface area contributed by atoms with Crippen molar-refractivity contribution in [1.29, 1.82) is 0 Å². The molecule has 0 radical (unpaired) electrons. The number of halogens is 1. The second-order valence-electron chi connectivity index (χ2n) is 4.71. The molecule has 1 rings (SSSR count). The van der Waals surface area contributed by atoms with E-state index in [4.69, 9.17) is 11.6 Å². The van der Waals surface area contributed by atoms with Gasteiger partial charge in [0.2, 0.25) is 5.91 Å². The molecule has 0 fully saturated rings. The lowest BCUT2D eigenvalue weighted by Crippen LogP contribution is -2.42. The highest BCUT2D eigenvalue weighted by Gasteiger charge is 2.29. The SMILES string of the molecule is CCC(Cl)CNC(=O)C(C)(C)c1ccccc1. The van der Waals surface area contributed by atoms with Gasteiger partial charge in [-0.3, -0.25) is 4.79 Å². The Labute approximate surface area is 108 Å². The number of hydrogen-bond donors (Lipinski definition) is 1. The van der Waals surface area contributed by atoms with E-state index in [-0.39, 0.29) is 11.3 Å². The molecule has 17 heavy (non-hydrogen) atoms. The Morgan fingerprint density at radius 2 is 1.94 bits per heavy atom. The largest absolute Gasteiger partial charge is 0.354 e. The van der Waals surface area contributed by atoms with Gasteiger partial charge in [0.15, 0.2) is 0 Å². The van der Waals surface area contributed by atoms with E-state index in [1.807, 2.05) is 51.1 Å². The van der Waals surface area contributed by atoms with Crippen LogP contribution in [0.15, 0.2) is 30.3 Å². The molecule has 0 aliphatic heterocycles. The van der Waals surface area contributed by atoms with Crippen LogP contribution in [0.1, 0.15) is 32.8 Å². The third-order valence-corrected chi connectivity index (χ3v) is 3.45. The van der Waals surface area contributed by atoms with Gasteiger partial charge in [0, 0.05) is 6.54 Å². The number of amides is 1. The van der Waals surface area contributed by atoms with Gasteiger partial charge in [-0.15, -0.1) is 11.6 Å². The number of rotatable bonds is 5. The van der Waals surface area contributed by atoms with Gasteiger partial charge >= 0.3 is 0 Å². The number of hydrogen-bond acceptors (Lipinski definition) is 1. The first-order chi connectivity index (χ1) is 7.98. The molecule has 0 heterocycles. The molecule has 0 aromatic heterocycles. The molecule has 0 aliphatic rings. The maximum absolute atomic E-state index is 12.1. The molecule has 0 aliphatic carbocycles. The van der Waals surface area contributed by atoms with Gasteiger partial charge in [0.1, 0.15) is 0 Å². The number of nitrogens with one attached hydrogen (secondary N) is 1. The summed E-state index contributed by atoms with van der Waals surface area (Å²) in [5, 5.41) is 2.91. The zero-order valence-electron chi connectivity index (χ0n) is 10.7. The summed E-state index contributed by atoms with van der Waals surface area (Å²) < 4.78 is 0. The quantitative estimate of drug-likeness (QED) is 0.803. The Kier molecular flexibility index (Phi) is 5.01. The summed E-state index contributed by atoms with van der Waals surface area (Å²) in [5.41, 5.74) is 0.492. The molecule has 1 atom stereocenters. The average Bonchev–Trinajstić information content (AvgIpc) is 2.36. The molecule has 1 unspecified atom stereocenters. The van der Waals surface area contributed by atoms with Gasteiger partial charge in [0.25, 0.3) is 0 Å². The first-order valence-electron chi connectivity index (χ1n) is 5.96. The molecule has 1 N–H and O–H groups in total. The first-order valence-corrected chi connectivity index (χ1v) is 6.40. The van der Waals surface area contributed by atoms with E-state index >= 15 is 0 Å². The third kappa shape index (κ3) is 3.74. The second-order valence-corrected chi connectivity index (χ2v) is 5.32. The number of carbonyl (C=O) groups is 1. The molecule has 2 nitrogen and oxygen atoms in total. The van der Waals surface area contributed by atoms with Crippen molar-refractivity contribution in [3.8, 4) is 0 Å². The highest BCUT2D eigenvalue weighted by molar-refractivity contribution is 6.20. The van der Waals surface area contributed by atoms with Crippen molar-refractivity contribution in [2.24, 2.45) is 0 Å². The fourth-order valence-corrected chi connectivity index (χ4v) is 1.63. The minimum Gasteiger partial charge on any atom is -0.354 e. The molecule has 3 heteroatoms. The standard InChI is InChI=1S/C14H20ClNO/c1-4-12(15)10-16-13(17)14(2,3)11-8-6-5-7-9-11/h5-9,12H,4,10H2,1-3H3,(H,16,17). The molecular formula is C14H20ClNO. The summed E-state index contributed by atoms with van der Waals surface area (Å²) in [6.45, 7) is 6.37. The summed E-state index contributed by atoms with van der Waals surface area (Å²) in [5.74, 6) is 0.0165. The minimum absolute atomic E-state index is 0.00511. The Balaban J connectivity index is 2.67. The molecule has 1 amide bonds. The lowest BCUT2D eigenvalue weighted by Gasteiger charge is -2.24. The summed E-state index contributed by atoms with van der Waals surface area (Å²) in [4.78, 5) is 12.1. The first kappa shape index (κ1) is 14.0. The van der Waals surface area contributed by atoms with Crippen molar-refractivity contribution in [1.82, 2.24) is 5.32 Å². The third-order valence-electron chi connectivity index (χ3n) is 2.99. The molecule has 0 spiro atoms.